The molecule has 1 fully saturated rings. The number of piperidine rings is 1. The molecule has 0 saturated carbocycles. The molecule has 0 bridgehead atoms. The van der Waals surface area contributed by atoms with Crippen molar-refractivity contribution in [2.75, 3.05) is 6.54 Å². The molecule has 3 heterocycles. The van der Waals surface area contributed by atoms with E-state index >= 15 is 0 Å². The molecule has 1 amide bonds. The number of amides is 1. The van der Waals surface area contributed by atoms with Gasteiger partial charge in [0.1, 0.15) is 0 Å². The van der Waals surface area contributed by atoms with Crippen molar-refractivity contribution in [2.45, 2.75) is 76.8 Å². The summed E-state index contributed by atoms with van der Waals surface area (Å²) in [6.07, 6.45) is 3.89. The second kappa shape index (κ2) is 9.72. The van der Waals surface area contributed by atoms with E-state index in [-0.39, 0.29) is 23.5 Å². The van der Waals surface area contributed by atoms with Crippen molar-refractivity contribution in [1.29, 1.82) is 0 Å². The van der Waals surface area contributed by atoms with Gasteiger partial charge in [0.2, 0.25) is 0 Å². The Hall–Kier alpha value is -2.56. The number of rotatable bonds is 5. The Kier molecular flexibility index (Phi) is 6.78. The van der Waals surface area contributed by atoms with Crippen LogP contribution in [0.25, 0.3) is 10.9 Å². The van der Waals surface area contributed by atoms with Crippen molar-refractivity contribution in [3.05, 3.63) is 65.9 Å². The van der Waals surface area contributed by atoms with Crippen molar-refractivity contribution >= 4 is 42.3 Å². The maximum atomic E-state index is 13.7. The standard InChI is InChI=1S/C30H36N2O3Se/c1-5-30(18-20-36-21-11-7-6-8-12-21)17-15-25(33)31-19-16-23-22-13-9-10-14-24(22)32(26(23)27(30)31)28(34)35-29(2,3)4/h6-14,27H,5,15-20H2,1-4H3/t27-,30-/m0/s1. The van der Waals surface area contributed by atoms with Crippen molar-refractivity contribution in [3.8, 4) is 0 Å². The van der Waals surface area contributed by atoms with E-state index in [9.17, 15) is 9.59 Å². The summed E-state index contributed by atoms with van der Waals surface area (Å²) in [7, 11) is 0. The molecule has 2 aliphatic heterocycles. The quantitative estimate of drug-likeness (QED) is 0.373. The molecule has 1 saturated heterocycles. The number of para-hydroxylation sites is 1. The van der Waals surface area contributed by atoms with Gasteiger partial charge in [0.15, 0.2) is 0 Å². The predicted molar refractivity (Wildman–Crippen MR) is 145 cm³/mol. The number of hydrogen-bond acceptors (Lipinski definition) is 3. The molecule has 5 rings (SSSR count). The zero-order valence-corrected chi connectivity index (χ0v) is 23.5. The topological polar surface area (TPSA) is 51.5 Å². The van der Waals surface area contributed by atoms with Gasteiger partial charge in [-0.1, -0.05) is 0 Å². The van der Waals surface area contributed by atoms with Gasteiger partial charge in [-0.3, -0.25) is 0 Å². The number of aromatic nitrogens is 1. The first kappa shape index (κ1) is 25.1. The molecular weight excluding hydrogens is 515 g/mol. The maximum absolute atomic E-state index is 13.7. The molecule has 190 valence electrons. The zero-order valence-electron chi connectivity index (χ0n) is 21.8. The van der Waals surface area contributed by atoms with E-state index in [2.05, 4.69) is 48.2 Å². The molecule has 0 unspecified atom stereocenters. The van der Waals surface area contributed by atoms with E-state index in [1.54, 1.807) is 4.57 Å². The van der Waals surface area contributed by atoms with Crippen molar-refractivity contribution < 1.29 is 14.3 Å². The van der Waals surface area contributed by atoms with Gasteiger partial charge in [-0.25, -0.2) is 0 Å². The van der Waals surface area contributed by atoms with Gasteiger partial charge in [-0.2, -0.15) is 0 Å². The monoisotopic (exact) mass is 552 g/mol. The first-order valence-electron chi connectivity index (χ1n) is 13.1. The summed E-state index contributed by atoms with van der Waals surface area (Å²) in [5.41, 5.74) is 2.41. The van der Waals surface area contributed by atoms with Gasteiger partial charge in [0.05, 0.1) is 0 Å². The molecule has 2 aliphatic rings. The molecule has 5 nitrogen and oxygen atoms in total. The summed E-state index contributed by atoms with van der Waals surface area (Å²) >= 11 is 0.380. The van der Waals surface area contributed by atoms with Crippen molar-refractivity contribution in [2.24, 2.45) is 5.41 Å². The average molecular weight is 552 g/mol. The number of carbonyl (C=O) groups excluding carboxylic acids is 2. The van der Waals surface area contributed by atoms with Crippen LogP contribution in [0.3, 0.4) is 0 Å². The summed E-state index contributed by atoms with van der Waals surface area (Å²) in [5.74, 6) is 0.212. The number of hydrogen-bond donors (Lipinski definition) is 0. The normalized spacial score (nSPS) is 21.8. The Morgan fingerprint density at radius 2 is 1.81 bits per heavy atom. The van der Waals surface area contributed by atoms with Crippen LogP contribution in [0.2, 0.25) is 5.32 Å². The fourth-order valence-corrected chi connectivity index (χ4v) is 8.41. The first-order valence-corrected chi connectivity index (χ1v) is 15.1. The Bertz CT molecular complexity index is 1280. The summed E-state index contributed by atoms with van der Waals surface area (Å²) in [5, 5.41) is 2.22. The number of carbonyl (C=O) groups is 2. The van der Waals surface area contributed by atoms with Gasteiger partial charge >= 0.3 is 221 Å². The van der Waals surface area contributed by atoms with Crippen LogP contribution >= 0.6 is 0 Å². The molecule has 36 heavy (non-hydrogen) atoms. The Labute approximate surface area is 220 Å². The van der Waals surface area contributed by atoms with Crippen LogP contribution < -0.4 is 4.46 Å². The molecule has 3 aromatic rings. The first-order chi connectivity index (χ1) is 17.2. The molecule has 1 aromatic heterocycles. The molecule has 6 heteroatoms. The average Bonchev–Trinajstić information content (AvgIpc) is 3.20. The summed E-state index contributed by atoms with van der Waals surface area (Å²) in [6.45, 7) is 8.69. The number of benzene rings is 2. The fourth-order valence-electron chi connectivity index (χ4n) is 6.11. The van der Waals surface area contributed by atoms with Crippen molar-refractivity contribution in [3.63, 3.8) is 0 Å². The SMILES string of the molecule is CC[C@@]1(CC[Se]c2ccccc2)CCC(=O)N2CCc3c(n(C(=O)OC(C)(C)C)c4ccccc34)[C@H]21. The van der Waals surface area contributed by atoms with E-state index in [0.717, 1.165) is 47.6 Å². The molecule has 0 aliphatic carbocycles. The van der Waals surface area contributed by atoms with Crippen LogP contribution in [0.15, 0.2) is 54.6 Å². The molecule has 0 spiro atoms. The summed E-state index contributed by atoms with van der Waals surface area (Å²) in [6, 6.07) is 18.8. The third kappa shape index (κ3) is 4.50. The minimum atomic E-state index is -0.605. The van der Waals surface area contributed by atoms with Crippen LogP contribution in [-0.4, -0.2) is 48.6 Å². The Morgan fingerprint density at radius 3 is 2.53 bits per heavy atom. The minimum absolute atomic E-state index is 0.0618. The third-order valence-electron chi connectivity index (χ3n) is 7.82. The van der Waals surface area contributed by atoms with E-state index in [4.69, 9.17) is 4.74 Å². The van der Waals surface area contributed by atoms with Crippen molar-refractivity contribution in [1.82, 2.24) is 9.47 Å². The second-order valence-corrected chi connectivity index (χ2v) is 13.5. The Morgan fingerprint density at radius 1 is 1.08 bits per heavy atom. The number of ether oxygens (including phenoxy) is 1. The van der Waals surface area contributed by atoms with Crippen LogP contribution in [-0.2, 0) is 16.0 Å². The second-order valence-electron chi connectivity index (χ2n) is 11.1. The van der Waals surface area contributed by atoms with Crippen LogP contribution in [0, 0.1) is 5.41 Å². The fraction of sp³-hybridized carbons (Fsp3) is 0.467. The van der Waals surface area contributed by atoms with E-state index in [0.29, 0.717) is 27.9 Å². The van der Waals surface area contributed by atoms with Crippen LogP contribution in [0.1, 0.15) is 70.7 Å². The molecule has 2 aromatic carbocycles. The number of fused-ring (bicyclic) bond motifs is 5. The summed E-state index contributed by atoms with van der Waals surface area (Å²) < 4.78 is 9.14. The van der Waals surface area contributed by atoms with E-state index in [1.807, 2.05) is 39.0 Å². The van der Waals surface area contributed by atoms with E-state index < -0.39 is 5.60 Å². The van der Waals surface area contributed by atoms with Gasteiger partial charge in [-0.05, 0) is 0 Å². The molecular formula is C30H36N2O3Se. The van der Waals surface area contributed by atoms with Gasteiger partial charge in [-0.15, -0.1) is 0 Å². The third-order valence-corrected chi connectivity index (χ3v) is 9.95. The van der Waals surface area contributed by atoms with Crippen LogP contribution in [0.5, 0.6) is 0 Å². The van der Waals surface area contributed by atoms with Crippen LogP contribution in [0.4, 0.5) is 4.79 Å². The van der Waals surface area contributed by atoms with Gasteiger partial charge < -0.3 is 0 Å². The van der Waals surface area contributed by atoms with Gasteiger partial charge in [0, 0.05) is 0 Å². The molecule has 0 N–H and O–H groups in total. The van der Waals surface area contributed by atoms with Gasteiger partial charge in [0.25, 0.3) is 0 Å². The summed E-state index contributed by atoms with van der Waals surface area (Å²) in [4.78, 5) is 29.1. The van der Waals surface area contributed by atoms with E-state index in [1.165, 1.54) is 10.0 Å². The Balaban J connectivity index is 1.61. The number of nitrogens with zero attached hydrogens (tertiary/aromatic N) is 2. The molecule has 2 atom stereocenters. The molecule has 0 radical (unpaired) electrons. The zero-order chi connectivity index (χ0) is 25.5. The predicted octanol–water partition coefficient (Wildman–Crippen LogP) is 5.88.